The van der Waals surface area contributed by atoms with Gasteiger partial charge in [-0.3, -0.25) is 4.79 Å². The maximum Gasteiger partial charge on any atom is 0.235 e. The molecule has 1 amide bonds. The maximum absolute atomic E-state index is 11.5. The van der Waals surface area contributed by atoms with Crippen molar-refractivity contribution in [3.8, 4) is 0 Å². The average molecular weight is 221 g/mol. The van der Waals surface area contributed by atoms with E-state index in [-0.39, 0.29) is 5.91 Å². The van der Waals surface area contributed by atoms with E-state index in [1.807, 2.05) is 0 Å². The smallest absolute Gasteiger partial charge is 0.235 e. The standard InChI is InChI=1S/C11H15N3O2/c1-8-13-14-11(16-8)7-12-10(15)6-9-4-2-3-5-9/h2,4,9H,3,5-7H2,1H3,(H,12,15). The molecule has 2 rings (SSSR count). The minimum Gasteiger partial charge on any atom is -0.424 e. The first kappa shape index (κ1) is 10.9. The molecule has 86 valence electrons. The molecule has 1 aliphatic carbocycles. The lowest BCUT2D eigenvalue weighted by atomic mass is 10.1. The molecule has 1 N–H and O–H groups in total. The highest BCUT2D eigenvalue weighted by molar-refractivity contribution is 5.76. The molecule has 0 saturated carbocycles. The van der Waals surface area contributed by atoms with Crippen LogP contribution in [0.3, 0.4) is 0 Å². The zero-order valence-corrected chi connectivity index (χ0v) is 9.27. The summed E-state index contributed by atoms with van der Waals surface area (Å²) in [7, 11) is 0. The average Bonchev–Trinajstić information content (AvgIpc) is 2.87. The molecular formula is C11H15N3O2. The van der Waals surface area contributed by atoms with Crippen LogP contribution in [-0.2, 0) is 11.3 Å². The van der Waals surface area contributed by atoms with E-state index in [1.54, 1.807) is 6.92 Å². The first-order valence-corrected chi connectivity index (χ1v) is 5.46. The first-order valence-electron chi connectivity index (χ1n) is 5.46. The predicted molar refractivity (Wildman–Crippen MR) is 57.4 cm³/mol. The lowest BCUT2D eigenvalue weighted by Gasteiger charge is -2.06. The Morgan fingerprint density at radius 3 is 3.12 bits per heavy atom. The third-order valence-corrected chi connectivity index (χ3v) is 2.56. The van der Waals surface area contributed by atoms with Gasteiger partial charge in [0.1, 0.15) is 0 Å². The Bertz CT molecular complexity index is 398. The molecule has 0 aliphatic heterocycles. The van der Waals surface area contributed by atoms with Gasteiger partial charge < -0.3 is 9.73 Å². The van der Waals surface area contributed by atoms with Crippen LogP contribution in [0.1, 0.15) is 31.0 Å². The summed E-state index contributed by atoms with van der Waals surface area (Å²) >= 11 is 0. The second-order valence-electron chi connectivity index (χ2n) is 3.96. The summed E-state index contributed by atoms with van der Waals surface area (Å²) in [6.45, 7) is 2.04. The van der Waals surface area contributed by atoms with Gasteiger partial charge in [-0.05, 0) is 18.8 Å². The lowest BCUT2D eigenvalue weighted by Crippen LogP contribution is -2.24. The topological polar surface area (TPSA) is 68.0 Å². The van der Waals surface area contributed by atoms with Gasteiger partial charge in [0.05, 0.1) is 6.54 Å². The molecule has 0 aromatic carbocycles. The van der Waals surface area contributed by atoms with Crippen LogP contribution in [0.15, 0.2) is 16.6 Å². The Labute approximate surface area is 93.9 Å². The van der Waals surface area contributed by atoms with E-state index in [2.05, 4.69) is 27.7 Å². The van der Waals surface area contributed by atoms with Crippen LogP contribution in [0.2, 0.25) is 0 Å². The molecule has 16 heavy (non-hydrogen) atoms. The number of carbonyl (C=O) groups is 1. The van der Waals surface area contributed by atoms with Crippen molar-refractivity contribution in [1.82, 2.24) is 15.5 Å². The van der Waals surface area contributed by atoms with Crippen molar-refractivity contribution in [2.24, 2.45) is 5.92 Å². The Kier molecular flexibility index (Phi) is 3.34. The van der Waals surface area contributed by atoms with Crippen LogP contribution >= 0.6 is 0 Å². The van der Waals surface area contributed by atoms with Gasteiger partial charge in [-0.15, -0.1) is 10.2 Å². The Morgan fingerprint density at radius 2 is 2.50 bits per heavy atom. The molecule has 0 radical (unpaired) electrons. The van der Waals surface area contributed by atoms with Gasteiger partial charge in [-0.25, -0.2) is 0 Å². The molecule has 0 saturated heterocycles. The molecular weight excluding hydrogens is 206 g/mol. The normalized spacial score (nSPS) is 18.9. The van der Waals surface area contributed by atoms with Gasteiger partial charge >= 0.3 is 0 Å². The molecule has 1 atom stereocenters. The third-order valence-electron chi connectivity index (χ3n) is 2.56. The molecule has 1 aromatic heterocycles. The molecule has 0 fully saturated rings. The fraction of sp³-hybridized carbons (Fsp3) is 0.545. The monoisotopic (exact) mass is 221 g/mol. The van der Waals surface area contributed by atoms with Crippen LogP contribution in [0.4, 0.5) is 0 Å². The molecule has 1 aliphatic rings. The summed E-state index contributed by atoms with van der Waals surface area (Å²) < 4.78 is 5.15. The number of nitrogens with one attached hydrogen (secondary N) is 1. The van der Waals surface area contributed by atoms with Crippen molar-refractivity contribution >= 4 is 5.91 Å². The summed E-state index contributed by atoms with van der Waals surface area (Å²) in [5, 5.41) is 10.3. The van der Waals surface area contributed by atoms with Crippen LogP contribution in [-0.4, -0.2) is 16.1 Å². The zero-order valence-electron chi connectivity index (χ0n) is 9.27. The van der Waals surface area contributed by atoms with Gasteiger partial charge in [0.25, 0.3) is 0 Å². The van der Waals surface area contributed by atoms with Crippen molar-refractivity contribution in [3.63, 3.8) is 0 Å². The molecule has 0 bridgehead atoms. The van der Waals surface area contributed by atoms with Crippen molar-refractivity contribution < 1.29 is 9.21 Å². The predicted octanol–water partition coefficient (Wildman–Crippen LogP) is 1.35. The van der Waals surface area contributed by atoms with E-state index in [4.69, 9.17) is 4.42 Å². The largest absolute Gasteiger partial charge is 0.424 e. The number of allylic oxidation sites excluding steroid dienone is 2. The summed E-state index contributed by atoms with van der Waals surface area (Å²) in [6.07, 6.45) is 6.94. The van der Waals surface area contributed by atoms with E-state index in [1.165, 1.54) is 0 Å². The second kappa shape index (κ2) is 4.92. The summed E-state index contributed by atoms with van der Waals surface area (Å²) in [4.78, 5) is 11.5. The summed E-state index contributed by atoms with van der Waals surface area (Å²) in [5.74, 6) is 1.40. The van der Waals surface area contributed by atoms with E-state index >= 15 is 0 Å². The van der Waals surface area contributed by atoms with Crippen molar-refractivity contribution in [2.75, 3.05) is 0 Å². The molecule has 1 unspecified atom stereocenters. The molecule has 1 aromatic rings. The van der Waals surface area contributed by atoms with Crippen LogP contribution in [0, 0.1) is 12.8 Å². The summed E-state index contributed by atoms with van der Waals surface area (Å²) in [5.41, 5.74) is 0. The quantitative estimate of drug-likeness (QED) is 0.779. The number of nitrogens with zero attached hydrogens (tertiary/aromatic N) is 2. The second-order valence-corrected chi connectivity index (χ2v) is 3.96. The Morgan fingerprint density at radius 1 is 1.62 bits per heavy atom. The third kappa shape index (κ3) is 2.92. The van der Waals surface area contributed by atoms with Gasteiger partial charge in [0.2, 0.25) is 17.7 Å². The van der Waals surface area contributed by atoms with E-state index in [0.717, 1.165) is 12.8 Å². The Balaban J connectivity index is 1.73. The highest BCUT2D eigenvalue weighted by Crippen LogP contribution is 2.19. The number of hydrogen-bond donors (Lipinski definition) is 1. The highest BCUT2D eigenvalue weighted by atomic mass is 16.4. The lowest BCUT2D eigenvalue weighted by molar-refractivity contribution is -0.122. The minimum absolute atomic E-state index is 0.0346. The summed E-state index contributed by atoms with van der Waals surface area (Å²) in [6, 6.07) is 0. The van der Waals surface area contributed by atoms with Crippen LogP contribution in [0.25, 0.3) is 0 Å². The van der Waals surface area contributed by atoms with E-state index < -0.39 is 0 Å². The van der Waals surface area contributed by atoms with Gasteiger partial charge in [0, 0.05) is 13.3 Å². The van der Waals surface area contributed by atoms with Crippen molar-refractivity contribution in [2.45, 2.75) is 32.7 Å². The number of aryl methyl sites for hydroxylation is 1. The van der Waals surface area contributed by atoms with Crippen molar-refractivity contribution in [3.05, 3.63) is 23.9 Å². The fourth-order valence-electron chi connectivity index (χ4n) is 1.76. The molecule has 1 heterocycles. The SMILES string of the molecule is Cc1nnc(CNC(=O)CC2C=CCC2)o1. The number of hydrogen-bond acceptors (Lipinski definition) is 4. The van der Waals surface area contributed by atoms with Crippen LogP contribution in [0.5, 0.6) is 0 Å². The van der Waals surface area contributed by atoms with Gasteiger partial charge in [-0.1, -0.05) is 12.2 Å². The molecule has 5 nitrogen and oxygen atoms in total. The zero-order chi connectivity index (χ0) is 11.4. The molecule has 0 spiro atoms. The van der Waals surface area contributed by atoms with Crippen molar-refractivity contribution in [1.29, 1.82) is 0 Å². The maximum atomic E-state index is 11.5. The van der Waals surface area contributed by atoms with Gasteiger partial charge in [0.15, 0.2) is 0 Å². The number of carbonyl (C=O) groups excluding carboxylic acids is 1. The number of aromatic nitrogens is 2. The number of rotatable bonds is 4. The minimum atomic E-state index is 0.0346. The van der Waals surface area contributed by atoms with Crippen LogP contribution < -0.4 is 5.32 Å². The fourth-order valence-corrected chi connectivity index (χ4v) is 1.76. The van der Waals surface area contributed by atoms with E-state index in [0.29, 0.717) is 30.7 Å². The Hall–Kier alpha value is -1.65. The number of amides is 1. The van der Waals surface area contributed by atoms with E-state index in [9.17, 15) is 4.79 Å². The first-order chi connectivity index (χ1) is 7.74. The van der Waals surface area contributed by atoms with Gasteiger partial charge in [-0.2, -0.15) is 0 Å². The highest BCUT2D eigenvalue weighted by Gasteiger charge is 2.14. The molecule has 5 heteroatoms.